The first kappa shape index (κ1) is 13.3. The molecule has 2 atom stereocenters. The van der Waals surface area contributed by atoms with Crippen molar-refractivity contribution in [2.45, 2.75) is 44.8 Å². The fourth-order valence-electron chi connectivity index (χ4n) is 2.79. The molecule has 0 amide bonds. The molecular weight excluding hydrogens is 250 g/mol. The van der Waals surface area contributed by atoms with Crippen LogP contribution in [0.5, 0.6) is 0 Å². The number of anilines is 1. The second kappa shape index (κ2) is 5.37. The molecule has 106 valence electrons. The van der Waals surface area contributed by atoms with E-state index in [9.17, 15) is 0 Å². The number of fused-ring (bicyclic) bond motifs is 1. The molecule has 2 heterocycles. The number of nitrogens with one attached hydrogen (secondary N) is 1. The summed E-state index contributed by atoms with van der Waals surface area (Å²) in [7, 11) is 0. The molecule has 4 nitrogen and oxygen atoms in total. The Morgan fingerprint density at radius 3 is 2.90 bits per heavy atom. The van der Waals surface area contributed by atoms with Gasteiger partial charge in [0.15, 0.2) is 0 Å². The lowest BCUT2D eigenvalue weighted by atomic mass is 9.90. The van der Waals surface area contributed by atoms with Crippen molar-refractivity contribution in [3.05, 3.63) is 30.6 Å². The minimum Gasteiger partial charge on any atom is -0.382 e. The number of ether oxygens (including phenoxy) is 1. The van der Waals surface area contributed by atoms with Crippen LogP contribution in [0.2, 0.25) is 0 Å². The van der Waals surface area contributed by atoms with Crippen molar-refractivity contribution in [3.63, 3.8) is 0 Å². The highest BCUT2D eigenvalue weighted by atomic mass is 16.5. The maximum atomic E-state index is 5.89. The predicted molar refractivity (Wildman–Crippen MR) is 80.8 cm³/mol. The molecule has 4 heteroatoms. The molecule has 0 bridgehead atoms. The van der Waals surface area contributed by atoms with Gasteiger partial charge in [-0.1, -0.05) is 6.92 Å². The Kier molecular flexibility index (Phi) is 3.57. The van der Waals surface area contributed by atoms with Gasteiger partial charge in [0.2, 0.25) is 0 Å². The van der Waals surface area contributed by atoms with Crippen LogP contribution < -0.4 is 5.32 Å². The summed E-state index contributed by atoms with van der Waals surface area (Å²) in [6.45, 7) is 5.22. The second-order valence-electron chi connectivity index (χ2n) is 5.75. The quantitative estimate of drug-likeness (QED) is 0.929. The van der Waals surface area contributed by atoms with Crippen LogP contribution in [0.4, 0.5) is 5.69 Å². The minimum absolute atomic E-state index is 0.00652. The first-order chi connectivity index (χ1) is 9.68. The van der Waals surface area contributed by atoms with E-state index in [2.05, 4.69) is 41.3 Å². The number of aromatic nitrogens is 2. The number of hydrogen-bond acceptors (Lipinski definition) is 4. The van der Waals surface area contributed by atoms with Crippen LogP contribution in [0, 0.1) is 0 Å². The average Bonchev–Trinajstić information content (AvgIpc) is 2.47. The molecule has 3 rings (SSSR count). The van der Waals surface area contributed by atoms with Gasteiger partial charge in [-0.3, -0.25) is 9.97 Å². The van der Waals surface area contributed by atoms with Crippen LogP contribution in [0.1, 0.15) is 33.1 Å². The normalized spacial score (nSPS) is 26.6. The van der Waals surface area contributed by atoms with Crippen LogP contribution in [0.25, 0.3) is 11.0 Å². The monoisotopic (exact) mass is 271 g/mol. The number of benzene rings is 1. The summed E-state index contributed by atoms with van der Waals surface area (Å²) in [6.07, 6.45) is 6.60. The van der Waals surface area contributed by atoms with E-state index in [1.165, 1.54) is 0 Å². The molecule has 0 aliphatic carbocycles. The Balaban J connectivity index is 1.75. The van der Waals surface area contributed by atoms with Crippen LogP contribution in [0.3, 0.4) is 0 Å². The van der Waals surface area contributed by atoms with Crippen LogP contribution in [0.15, 0.2) is 30.6 Å². The summed E-state index contributed by atoms with van der Waals surface area (Å²) in [5, 5.41) is 3.61. The van der Waals surface area contributed by atoms with Gasteiger partial charge in [0.1, 0.15) is 0 Å². The first-order valence-corrected chi connectivity index (χ1v) is 7.30. The standard InChI is InChI=1S/C16H21N3O/c1-3-16(2)11-13(6-9-20-16)19-12-4-5-14-15(10-12)18-8-7-17-14/h4-5,7-8,10,13,19H,3,6,9,11H2,1-2H3. The Morgan fingerprint density at radius 1 is 1.30 bits per heavy atom. The van der Waals surface area contributed by atoms with Gasteiger partial charge in [0.05, 0.1) is 16.6 Å². The van der Waals surface area contributed by atoms with E-state index in [0.29, 0.717) is 6.04 Å². The molecule has 2 aromatic rings. The summed E-state index contributed by atoms with van der Waals surface area (Å²) in [5.74, 6) is 0. The van der Waals surface area contributed by atoms with Crippen molar-refractivity contribution < 1.29 is 4.74 Å². The van der Waals surface area contributed by atoms with Crippen LogP contribution in [-0.2, 0) is 4.74 Å². The van der Waals surface area contributed by atoms with Gasteiger partial charge in [-0.25, -0.2) is 0 Å². The van der Waals surface area contributed by atoms with Gasteiger partial charge in [-0.15, -0.1) is 0 Å². The lowest BCUT2D eigenvalue weighted by Crippen LogP contribution is -2.41. The molecule has 1 saturated heterocycles. The smallest absolute Gasteiger partial charge is 0.0907 e. The fraction of sp³-hybridized carbons (Fsp3) is 0.500. The summed E-state index contributed by atoms with van der Waals surface area (Å²) >= 11 is 0. The molecular formula is C16H21N3O. The zero-order chi connectivity index (χ0) is 14.0. The van der Waals surface area contributed by atoms with Crippen molar-refractivity contribution in [3.8, 4) is 0 Å². The highest BCUT2D eigenvalue weighted by Crippen LogP contribution is 2.29. The Hall–Kier alpha value is -1.68. The van der Waals surface area contributed by atoms with Gasteiger partial charge in [-0.05, 0) is 44.4 Å². The van der Waals surface area contributed by atoms with Gasteiger partial charge < -0.3 is 10.1 Å². The molecule has 1 N–H and O–H groups in total. The topological polar surface area (TPSA) is 47.0 Å². The minimum atomic E-state index is 0.00652. The van der Waals surface area contributed by atoms with Gasteiger partial charge in [0.25, 0.3) is 0 Å². The largest absolute Gasteiger partial charge is 0.382 e. The van der Waals surface area contributed by atoms with E-state index < -0.39 is 0 Å². The summed E-state index contributed by atoms with van der Waals surface area (Å²) in [4.78, 5) is 8.65. The highest BCUT2D eigenvalue weighted by Gasteiger charge is 2.31. The number of rotatable bonds is 3. The molecule has 1 fully saturated rings. The summed E-state index contributed by atoms with van der Waals surface area (Å²) in [5.41, 5.74) is 2.99. The maximum absolute atomic E-state index is 5.89. The Bertz CT molecular complexity index is 601. The number of nitrogens with zero attached hydrogens (tertiary/aromatic N) is 2. The average molecular weight is 271 g/mol. The summed E-state index contributed by atoms with van der Waals surface area (Å²) < 4.78 is 5.89. The molecule has 2 unspecified atom stereocenters. The van der Waals surface area contributed by atoms with E-state index in [0.717, 1.165) is 42.6 Å². The molecule has 0 radical (unpaired) electrons. The van der Waals surface area contributed by atoms with E-state index in [4.69, 9.17) is 4.74 Å². The molecule has 1 aliphatic rings. The van der Waals surface area contributed by atoms with Crippen molar-refractivity contribution in [1.82, 2.24) is 9.97 Å². The third-order valence-electron chi connectivity index (χ3n) is 4.18. The molecule has 0 spiro atoms. The maximum Gasteiger partial charge on any atom is 0.0907 e. The third-order valence-corrected chi connectivity index (χ3v) is 4.18. The Labute approximate surface area is 119 Å². The summed E-state index contributed by atoms with van der Waals surface area (Å²) in [6, 6.07) is 6.63. The van der Waals surface area contributed by atoms with E-state index in [1.807, 2.05) is 6.07 Å². The molecule has 1 aromatic heterocycles. The van der Waals surface area contributed by atoms with Crippen LogP contribution in [-0.4, -0.2) is 28.2 Å². The predicted octanol–water partition coefficient (Wildman–Crippen LogP) is 3.39. The van der Waals surface area contributed by atoms with E-state index in [1.54, 1.807) is 12.4 Å². The lowest BCUT2D eigenvalue weighted by molar-refractivity contribution is -0.0708. The van der Waals surface area contributed by atoms with Gasteiger partial charge >= 0.3 is 0 Å². The van der Waals surface area contributed by atoms with E-state index in [-0.39, 0.29) is 5.60 Å². The molecule has 0 saturated carbocycles. The molecule has 1 aromatic carbocycles. The number of hydrogen-bond donors (Lipinski definition) is 1. The van der Waals surface area contributed by atoms with Crippen molar-refractivity contribution in [2.24, 2.45) is 0 Å². The highest BCUT2D eigenvalue weighted by molar-refractivity contribution is 5.78. The van der Waals surface area contributed by atoms with Crippen molar-refractivity contribution >= 4 is 16.7 Å². The van der Waals surface area contributed by atoms with Crippen molar-refractivity contribution in [1.29, 1.82) is 0 Å². The fourth-order valence-corrected chi connectivity index (χ4v) is 2.79. The lowest BCUT2D eigenvalue weighted by Gasteiger charge is -2.38. The first-order valence-electron chi connectivity index (χ1n) is 7.30. The van der Waals surface area contributed by atoms with Crippen molar-refractivity contribution in [2.75, 3.05) is 11.9 Å². The third kappa shape index (κ3) is 2.75. The molecule has 20 heavy (non-hydrogen) atoms. The SMILES string of the molecule is CCC1(C)CC(Nc2ccc3nccnc3c2)CCO1. The van der Waals surface area contributed by atoms with Gasteiger partial charge in [-0.2, -0.15) is 0 Å². The van der Waals surface area contributed by atoms with Gasteiger partial charge in [0, 0.05) is 30.7 Å². The Morgan fingerprint density at radius 2 is 2.10 bits per heavy atom. The van der Waals surface area contributed by atoms with E-state index >= 15 is 0 Å². The molecule has 1 aliphatic heterocycles. The second-order valence-corrected chi connectivity index (χ2v) is 5.75. The zero-order valence-corrected chi connectivity index (χ0v) is 12.1. The van der Waals surface area contributed by atoms with Crippen LogP contribution >= 0.6 is 0 Å². The zero-order valence-electron chi connectivity index (χ0n) is 12.1.